The molecule has 0 aliphatic heterocycles. The fourth-order valence-electron chi connectivity index (χ4n) is 2.14. The van der Waals surface area contributed by atoms with Gasteiger partial charge in [-0.15, -0.1) is 0 Å². The molecule has 2 aromatic rings. The SMILES string of the molecule is CC(=O)N/C(=C\c1ccccc1)C(=O)O[C@H](C)c1ccccc1Cl. The van der Waals surface area contributed by atoms with E-state index in [0.29, 0.717) is 10.6 Å². The van der Waals surface area contributed by atoms with Gasteiger partial charge in [-0.1, -0.05) is 60.1 Å². The van der Waals surface area contributed by atoms with Crippen LogP contribution in [0.5, 0.6) is 0 Å². The maximum atomic E-state index is 12.4. The summed E-state index contributed by atoms with van der Waals surface area (Å²) in [6.45, 7) is 3.07. The maximum absolute atomic E-state index is 12.4. The average Bonchev–Trinajstić information content (AvgIpc) is 2.55. The zero-order chi connectivity index (χ0) is 17.5. The number of esters is 1. The van der Waals surface area contributed by atoms with E-state index in [0.717, 1.165) is 5.56 Å². The topological polar surface area (TPSA) is 55.4 Å². The van der Waals surface area contributed by atoms with Crippen molar-refractivity contribution in [2.45, 2.75) is 20.0 Å². The summed E-state index contributed by atoms with van der Waals surface area (Å²) in [5, 5.41) is 3.03. The van der Waals surface area contributed by atoms with Crippen LogP contribution < -0.4 is 5.32 Å². The summed E-state index contributed by atoms with van der Waals surface area (Å²) >= 11 is 6.12. The van der Waals surface area contributed by atoms with Crippen LogP contribution in [-0.4, -0.2) is 11.9 Å². The van der Waals surface area contributed by atoms with Gasteiger partial charge >= 0.3 is 5.97 Å². The smallest absolute Gasteiger partial charge is 0.355 e. The third-order valence-corrected chi connectivity index (χ3v) is 3.61. The molecular formula is C19H18ClNO3. The molecule has 0 saturated heterocycles. The van der Waals surface area contributed by atoms with Crippen LogP contribution in [0.3, 0.4) is 0 Å². The molecular weight excluding hydrogens is 326 g/mol. The highest BCUT2D eigenvalue weighted by Gasteiger charge is 2.18. The third kappa shape index (κ3) is 4.96. The quantitative estimate of drug-likeness (QED) is 0.656. The van der Waals surface area contributed by atoms with E-state index in [1.54, 1.807) is 31.2 Å². The van der Waals surface area contributed by atoms with E-state index in [-0.39, 0.29) is 11.6 Å². The molecule has 1 amide bonds. The van der Waals surface area contributed by atoms with Crippen molar-refractivity contribution in [1.29, 1.82) is 0 Å². The third-order valence-electron chi connectivity index (χ3n) is 3.27. The molecule has 0 bridgehead atoms. The Balaban J connectivity index is 2.20. The molecule has 0 fully saturated rings. The number of carbonyl (C=O) groups is 2. The number of halogens is 1. The van der Waals surface area contributed by atoms with Gasteiger partial charge in [-0.25, -0.2) is 4.79 Å². The second kappa shape index (κ2) is 8.31. The Bertz CT molecular complexity index is 756. The van der Waals surface area contributed by atoms with Crippen LogP contribution in [0.2, 0.25) is 5.02 Å². The largest absolute Gasteiger partial charge is 0.453 e. The first-order chi connectivity index (χ1) is 11.5. The van der Waals surface area contributed by atoms with E-state index in [9.17, 15) is 9.59 Å². The van der Waals surface area contributed by atoms with Crippen LogP contribution in [-0.2, 0) is 14.3 Å². The van der Waals surface area contributed by atoms with E-state index >= 15 is 0 Å². The molecule has 5 heteroatoms. The molecule has 24 heavy (non-hydrogen) atoms. The van der Waals surface area contributed by atoms with Crippen LogP contribution in [0.15, 0.2) is 60.3 Å². The van der Waals surface area contributed by atoms with Gasteiger partial charge in [0.2, 0.25) is 5.91 Å². The van der Waals surface area contributed by atoms with Crippen molar-refractivity contribution in [3.8, 4) is 0 Å². The minimum Gasteiger partial charge on any atom is -0.453 e. The first kappa shape index (κ1) is 17.8. The predicted octanol–water partition coefficient (Wildman–Crippen LogP) is 4.12. The van der Waals surface area contributed by atoms with Gasteiger partial charge in [0.25, 0.3) is 0 Å². The molecule has 0 heterocycles. The Kier molecular flexibility index (Phi) is 6.15. The number of hydrogen-bond donors (Lipinski definition) is 1. The van der Waals surface area contributed by atoms with E-state index in [2.05, 4.69) is 5.32 Å². The van der Waals surface area contributed by atoms with Gasteiger partial charge in [0.1, 0.15) is 11.8 Å². The first-order valence-electron chi connectivity index (χ1n) is 7.47. The summed E-state index contributed by atoms with van der Waals surface area (Å²) in [6.07, 6.45) is 1.03. The van der Waals surface area contributed by atoms with Gasteiger partial charge in [0, 0.05) is 17.5 Å². The zero-order valence-electron chi connectivity index (χ0n) is 13.5. The normalized spacial score (nSPS) is 12.4. The van der Waals surface area contributed by atoms with Crippen molar-refractivity contribution in [2.75, 3.05) is 0 Å². The Morgan fingerprint density at radius 2 is 1.71 bits per heavy atom. The Morgan fingerprint density at radius 3 is 2.33 bits per heavy atom. The van der Waals surface area contributed by atoms with E-state index < -0.39 is 12.1 Å². The maximum Gasteiger partial charge on any atom is 0.355 e. The zero-order valence-corrected chi connectivity index (χ0v) is 14.2. The van der Waals surface area contributed by atoms with Crippen LogP contribution in [0.1, 0.15) is 31.1 Å². The number of benzene rings is 2. The van der Waals surface area contributed by atoms with Gasteiger partial charge in [0.15, 0.2) is 0 Å². The molecule has 2 rings (SSSR count). The lowest BCUT2D eigenvalue weighted by atomic mass is 10.1. The number of rotatable bonds is 5. The predicted molar refractivity (Wildman–Crippen MR) is 94.2 cm³/mol. The summed E-state index contributed by atoms with van der Waals surface area (Å²) in [5.74, 6) is -0.971. The summed E-state index contributed by atoms with van der Waals surface area (Å²) in [4.78, 5) is 23.8. The minimum absolute atomic E-state index is 0.0765. The molecule has 1 atom stereocenters. The summed E-state index contributed by atoms with van der Waals surface area (Å²) in [7, 11) is 0. The lowest BCUT2D eigenvalue weighted by Gasteiger charge is -2.16. The number of nitrogens with one attached hydrogen (secondary N) is 1. The van der Waals surface area contributed by atoms with Crippen LogP contribution >= 0.6 is 11.6 Å². The van der Waals surface area contributed by atoms with Crippen LogP contribution in [0.25, 0.3) is 6.08 Å². The molecule has 0 unspecified atom stereocenters. The van der Waals surface area contributed by atoms with Gasteiger partial charge in [-0.05, 0) is 24.6 Å². The lowest BCUT2D eigenvalue weighted by molar-refractivity contribution is -0.145. The van der Waals surface area contributed by atoms with Crippen molar-refractivity contribution in [2.24, 2.45) is 0 Å². The fraction of sp³-hybridized carbons (Fsp3) is 0.158. The molecule has 4 nitrogen and oxygen atoms in total. The van der Waals surface area contributed by atoms with E-state index in [1.807, 2.05) is 36.4 Å². The molecule has 0 aliphatic carbocycles. The highest BCUT2D eigenvalue weighted by Crippen LogP contribution is 2.25. The van der Waals surface area contributed by atoms with Gasteiger partial charge < -0.3 is 10.1 Å². The molecule has 0 aromatic heterocycles. The number of ether oxygens (including phenoxy) is 1. The van der Waals surface area contributed by atoms with E-state index in [4.69, 9.17) is 16.3 Å². The van der Waals surface area contributed by atoms with Crippen molar-refractivity contribution < 1.29 is 14.3 Å². The number of hydrogen-bond acceptors (Lipinski definition) is 3. The van der Waals surface area contributed by atoms with Crippen molar-refractivity contribution in [1.82, 2.24) is 5.32 Å². The second-order valence-corrected chi connectivity index (χ2v) is 5.63. The molecule has 0 spiro atoms. The Morgan fingerprint density at radius 1 is 1.08 bits per heavy atom. The molecule has 0 aliphatic rings. The monoisotopic (exact) mass is 343 g/mol. The molecule has 0 saturated carbocycles. The number of amides is 1. The summed E-state index contributed by atoms with van der Waals surface area (Å²) in [5.41, 5.74) is 1.56. The molecule has 2 aromatic carbocycles. The highest BCUT2D eigenvalue weighted by molar-refractivity contribution is 6.31. The summed E-state index contributed by atoms with van der Waals surface area (Å²) < 4.78 is 5.45. The van der Waals surface area contributed by atoms with Gasteiger partial charge in [0.05, 0.1) is 0 Å². The molecule has 0 radical (unpaired) electrons. The standard InChI is InChI=1S/C19H18ClNO3/c1-13(16-10-6-7-11-17(16)20)24-19(23)18(21-14(2)22)12-15-8-4-3-5-9-15/h3-13H,1-2H3,(H,21,22)/b18-12-/t13-/m1/s1. The second-order valence-electron chi connectivity index (χ2n) is 5.22. The van der Waals surface area contributed by atoms with Crippen molar-refractivity contribution >= 4 is 29.6 Å². The van der Waals surface area contributed by atoms with Crippen molar-refractivity contribution in [3.05, 3.63) is 76.4 Å². The molecule has 124 valence electrons. The van der Waals surface area contributed by atoms with Gasteiger partial charge in [-0.2, -0.15) is 0 Å². The van der Waals surface area contributed by atoms with Crippen molar-refractivity contribution in [3.63, 3.8) is 0 Å². The minimum atomic E-state index is -0.624. The average molecular weight is 344 g/mol. The molecule has 1 N–H and O–H groups in total. The highest BCUT2D eigenvalue weighted by atomic mass is 35.5. The van der Waals surface area contributed by atoms with Crippen LogP contribution in [0.4, 0.5) is 0 Å². The van der Waals surface area contributed by atoms with Crippen LogP contribution in [0, 0.1) is 0 Å². The Labute approximate surface area is 146 Å². The first-order valence-corrected chi connectivity index (χ1v) is 7.85. The van der Waals surface area contributed by atoms with E-state index in [1.165, 1.54) is 6.92 Å². The lowest BCUT2D eigenvalue weighted by Crippen LogP contribution is -2.27. The van der Waals surface area contributed by atoms with Gasteiger partial charge in [-0.3, -0.25) is 4.79 Å². The fourth-order valence-corrected chi connectivity index (χ4v) is 2.43. The Hall–Kier alpha value is -2.59. The number of carbonyl (C=O) groups excluding carboxylic acids is 2. The summed E-state index contributed by atoms with van der Waals surface area (Å²) in [6, 6.07) is 16.4.